The Balaban J connectivity index is 1.65. The maximum absolute atomic E-state index is 13.6. The van der Waals surface area contributed by atoms with Crippen LogP contribution in [0.25, 0.3) is 21.3 Å². The predicted octanol–water partition coefficient (Wildman–Crippen LogP) is 7.19. The number of hydrogen-bond acceptors (Lipinski definition) is 5. The van der Waals surface area contributed by atoms with E-state index in [-0.39, 0.29) is 17.9 Å². The van der Waals surface area contributed by atoms with Gasteiger partial charge in [0.1, 0.15) is 9.71 Å². The van der Waals surface area contributed by atoms with Crippen LogP contribution in [0.1, 0.15) is 51.4 Å². The molecule has 9 heteroatoms. The minimum Gasteiger partial charge on any atom is -0.397 e. The molecule has 1 fully saturated rings. The summed E-state index contributed by atoms with van der Waals surface area (Å²) in [4.78, 5) is 32.5. The smallest absolute Gasteiger partial charge is 0.263 e. The Morgan fingerprint density at radius 2 is 1.72 bits per heavy atom. The highest BCUT2D eigenvalue weighted by Crippen LogP contribution is 2.42. The van der Waals surface area contributed by atoms with Gasteiger partial charge in [0, 0.05) is 32.2 Å². The van der Waals surface area contributed by atoms with Crippen molar-refractivity contribution in [1.82, 2.24) is 10.3 Å². The second-order valence-corrected chi connectivity index (χ2v) is 11.2. The molecule has 0 saturated heterocycles. The number of hydrogen-bond donors (Lipinski definition) is 3. The molecule has 0 unspecified atom stereocenters. The normalized spacial score (nSPS) is 13.8. The van der Waals surface area contributed by atoms with Gasteiger partial charge in [0.05, 0.1) is 16.9 Å². The molecule has 4 N–H and O–H groups in total. The van der Waals surface area contributed by atoms with E-state index in [2.05, 4.69) is 26.6 Å². The molecular weight excluding hydrogens is 560 g/mol. The van der Waals surface area contributed by atoms with Crippen LogP contribution in [-0.2, 0) is 0 Å². The number of rotatable bonds is 5. The number of aryl methyl sites for hydroxylation is 1. The van der Waals surface area contributed by atoms with Crippen molar-refractivity contribution in [2.24, 2.45) is 0 Å². The van der Waals surface area contributed by atoms with E-state index >= 15 is 0 Å². The fourth-order valence-electron chi connectivity index (χ4n) is 4.67. The van der Waals surface area contributed by atoms with Gasteiger partial charge in [0.25, 0.3) is 11.8 Å². The van der Waals surface area contributed by atoms with Gasteiger partial charge in [0.15, 0.2) is 0 Å². The van der Waals surface area contributed by atoms with E-state index in [0.29, 0.717) is 48.3 Å². The number of carbonyl (C=O) groups excluding carboxylic acids is 2. The van der Waals surface area contributed by atoms with Crippen molar-refractivity contribution in [3.05, 3.63) is 74.2 Å². The fourth-order valence-corrected chi connectivity index (χ4v) is 6.11. The first-order chi connectivity index (χ1) is 17.3. The Hall–Kier alpha value is -2.94. The molecule has 2 aromatic heterocycles. The summed E-state index contributed by atoms with van der Waals surface area (Å²) in [6.45, 7) is 1.80. The number of nitrogens with one attached hydrogen (secondary N) is 2. The number of anilines is 2. The van der Waals surface area contributed by atoms with Crippen LogP contribution in [0, 0.1) is 6.92 Å². The van der Waals surface area contributed by atoms with E-state index in [9.17, 15) is 9.59 Å². The minimum atomic E-state index is -0.315. The number of halogens is 2. The van der Waals surface area contributed by atoms with E-state index in [4.69, 9.17) is 22.3 Å². The van der Waals surface area contributed by atoms with Crippen molar-refractivity contribution < 1.29 is 9.59 Å². The number of benzene rings is 2. The number of carbonyl (C=O) groups is 2. The molecule has 0 spiro atoms. The number of amides is 2. The summed E-state index contributed by atoms with van der Waals surface area (Å²) in [7, 11) is 0. The molecule has 1 saturated carbocycles. The Morgan fingerprint density at radius 3 is 2.39 bits per heavy atom. The Labute approximate surface area is 226 Å². The zero-order chi connectivity index (χ0) is 25.4. The van der Waals surface area contributed by atoms with Gasteiger partial charge >= 0.3 is 0 Å². The topological polar surface area (TPSA) is 97.1 Å². The number of fused-ring (bicyclic) bond motifs is 1. The van der Waals surface area contributed by atoms with E-state index < -0.39 is 0 Å². The van der Waals surface area contributed by atoms with Gasteiger partial charge < -0.3 is 16.4 Å². The van der Waals surface area contributed by atoms with Gasteiger partial charge in [-0.3, -0.25) is 9.59 Å². The molecule has 0 aliphatic heterocycles. The fraction of sp³-hybridized carbons (Fsp3) is 0.222. The first-order valence-corrected chi connectivity index (χ1v) is 13.7. The maximum atomic E-state index is 13.6. The number of pyridine rings is 1. The average Bonchev–Trinajstić information content (AvgIpc) is 3.48. The van der Waals surface area contributed by atoms with Crippen LogP contribution < -0.4 is 16.4 Å². The molecule has 4 aromatic rings. The zero-order valence-corrected chi connectivity index (χ0v) is 22.7. The van der Waals surface area contributed by atoms with Gasteiger partial charge in [-0.15, -0.1) is 11.3 Å². The third kappa shape index (κ3) is 4.85. The SMILES string of the molecule is Cc1nc2sc(C(=O)NC3CCCC3)c(N)c2c(-c2ccc(Br)cc2)c1C(=O)Nc1ccc(Cl)cc1. The van der Waals surface area contributed by atoms with E-state index in [1.165, 1.54) is 11.3 Å². The second-order valence-electron chi connectivity index (χ2n) is 8.89. The van der Waals surface area contributed by atoms with E-state index in [0.717, 1.165) is 35.7 Å². The molecule has 0 bridgehead atoms. The number of nitrogen functional groups attached to an aromatic ring is 1. The Kier molecular flexibility index (Phi) is 7.01. The number of thiophene rings is 1. The molecule has 1 aliphatic carbocycles. The molecule has 184 valence electrons. The van der Waals surface area contributed by atoms with Crippen LogP contribution in [-0.4, -0.2) is 22.8 Å². The quantitative estimate of drug-likeness (QED) is 0.232. The van der Waals surface area contributed by atoms with Crippen molar-refractivity contribution in [1.29, 1.82) is 0 Å². The lowest BCUT2D eigenvalue weighted by Crippen LogP contribution is -2.32. The monoisotopic (exact) mass is 582 g/mol. The van der Waals surface area contributed by atoms with Crippen LogP contribution in [0.5, 0.6) is 0 Å². The molecule has 36 heavy (non-hydrogen) atoms. The summed E-state index contributed by atoms with van der Waals surface area (Å²) in [5, 5.41) is 7.26. The molecule has 5 rings (SSSR count). The predicted molar refractivity (Wildman–Crippen MR) is 151 cm³/mol. The van der Waals surface area contributed by atoms with Crippen LogP contribution >= 0.6 is 38.9 Å². The van der Waals surface area contributed by atoms with Gasteiger partial charge in [-0.1, -0.05) is 52.5 Å². The lowest BCUT2D eigenvalue weighted by Gasteiger charge is -2.15. The molecule has 2 heterocycles. The number of nitrogens with zero attached hydrogens (tertiary/aromatic N) is 1. The summed E-state index contributed by atoms with van der Waals surface area (Å²) < 4.78 is 0.912. The number of aromatic nitrogens is 1. The molecular formula is C27H24BrClN4O2S. The van der Waals surface area contributed by atoms with Gasteiger partial charge in [-0.25, -0.2) is 4.98 Å². The molecule has 0 atom stereocenters. The standard InChI is InChI=1S/C27H24BrClN4O2S/c1-14-20(25(34)32-19-12-10-17(29)11-13-19)21(15-6-8-16(28)9-7-15)22-23(30)24(36-27(22)31-14)26(35)33-18-4-2-3-5-18/h6-13,18H,2-5,30H2,1H3,(H,32,34)(H,33,35). The largest absolute Gasteiger partial charge is 0.397 e. The zero-order valence-electron chi connectivity index (χ0n) is 19.5. The van der Waals surface area contributed by atoms with Crippen LogP contribution in [0.4, 0.5) is 11.4 Å². The van der Waals surface area contributed by atoms with Gasteiger partial charge in [-0.05, 0) is 61.7 Å². The number of nitrogens with two attached hydrogens (primary N) is 1. The maximum Gasteiger partial charge on any atom is 0.263 e. The first kappa shape index (κ1) is 24.7. The summed E-state index contributed by atoms with van der Waals surface area (Å²) >= 11 is 10.7. The van der Waals surface area contributed by atoms with Crippen LogP contribution in [0.15, 0.2) is 53.0 Å². The minimum absolute atomic E-state index is 0.170. The van der Waals surface area contributed by atoms with Crippen molar-refractivity contribution >= 4 is 72.3 Å². The second kappa shape index (κ2) is 10.2. The Morgan fingerprint density at radius 1 is 1.06 bits per heavy atom. The third-order valence-corrected chi connectivity index (χ3v) is 8.30. The van der Waals surface area contributed by atoms with Crippen LogP contribution in [0.3, 0.4) is 0 Å². The highest BCUT2D eigenvalue weighted by atomic mass is 79.9. The van der Waals surface area contributed by atoms with Crippen molar-refractivity contribution in [2.75, 3.05) is 11.1 Å². The summed E-state index contributed by atoms with van der Waals surface area (Å²) in [6.07, 6.45) is 4.20. The molecule has 0 radical (unpaired) electrons. The van der Waals surface area contributed by atoms with Gasteiger partial charge in [-0.2, -0.15) is 0 Å². The first-order valence-electron chi connectivity index (χ1n) is 11.7. The summed E-state index contributed by atoms with van der Waals surface area (Å²) in [6, 6.07) is 14.8. The van der Waals surface area contributed by atoms with E-state index in [1.54, 1.807) is 31.2 Å². The van der Waals surface area contributed by atoms with Crippen molar-refractivity contribution in [3.8, 4) is 11.1 Å². The highest BCUT2D eigenvalue weighted by Gasteiger charge is 2.28. The summed E-state index contributed by atoms with van der Waals surface area (Å²) in [5.74, 6) is -0.501. The van der Waals surface area contributed by atoms with Crippen LogP contribution in [0.2, 0.25) is 5.02 Å². The molecule has 6 nitrogen and oxygen atoms in total. The molecule has 1 aliphatic rings. The summed E-state index contributed by atoms with van der Waals surface area (Å²) in [5.41, 5.74) is 10.0. The van der Waals surface area contributed by atoms with Crippen molar-refractivity contribution in [2.45, 2.75) is 38.6 Å². The Bertz CT molecular complexity index is 1460. The van der Waals surface area contributed by atoms with E-state index in [1.807, 2.05) is 24.3 Å². The average molecular weight is 584 g/mol. The third-order valence-electron chi connectivity index (χ3n) is 6.42. The lowest BCUT2D eigenvalue weighted by molar-refractivity contribution is 0.0942. The molecule has 2 amide bonds. The van der Waals surface area contributed by atoms with Crippen molar-refractivity contribution in [3.63, 3.8) is 0 Å². The lowest BCUT2D eigenvalue weighted by atomic mass is 9.94. The van der Waals surface area contributed by atoms with Gasteiger partial charge in [0.2, 0.25) is 0 Å². The highest BCUT2D eigenvalue weighted by molar-refractivity contribution is 9.10. The molecule has 2 aromatic carbocycles.